The minimum atomic E-state index is -3.83. The van der Waals surface area contributed by atoms with Crippen molar-refractivity contribution in [2.24, 2.45) is 0 Å². The molecule has 138 valence electrons. The smallest absolute Gasteiger partial charge is 0.243 e. The molecule has 1 amide bonds. The van der Waals surface area contributed by atoms with Gasteiger partial charge in [0, 0.05) is 18.8 Å². The number of anilines is 1. The molecule has 7 nitrogen and oxygen atoms in total. The van der Waals surface area contributed by atoms with Gasteiger partial charge in [-0.05, 0) is 30.7 Å². The van der Waals surface area contributed by atoms with E-state index >= 15 is 0 Å². The molecular formula is C18H20N2O5S. The number of ether oxygens (including phenoxy) is 2. The topological polar surface area (TPSA) is 84.9 Å². The van der Waals surface area contributed by atoms with Gasteiger partial charge in [0.05, 0.1) is 11.4 Å². The summed E-state index contributed by atoms with van der Waals surface area (Å²) in [6.45, 7) is 2.36. The molecule has 26 heavy (non-hydrogen) atoms. The van der Waals surface area contributed by atoms with Crippen LogP contribution in [0.2, 0.25) is 0 Å². The number of nitrogens with one attached hydrogen (secondary N) is 1. The summed E-state index contributed by atoms with van der Waals surface area (Å²) in [6.07, 6.45) is 0. The van der Waals surface area contributed by atoms with Gasteiger partial charge in [-0.2, -0.15) is 4.31 Å². The Morgan fingerprint density at radius 1 is 1.12 bits per heavy atom. The number of nitrogens with zero attached hydrogens (tertiary/aromatic N) is 1. The lowest BCUT2D eigenvalue weighted by atomic mass is 10.2. The van der Waals surface area contributed by atoms with E-state index in [4.69, 9.17) is 9.47 Å². The van der Waals surface area contributed by atoms with E-state index in [9.17, 15) is 13.2 Å². The first-order valence-corrected chi connectivity index (χ1v) is 9.53. The average molecular weight is 376 g/mol. The number of likely N-dealkylation sites (N-methyl/N-ethyl adjacent to an activating group) is 1. The first-order valence-electron chi connectivity index (χ1n) is 8.09. The Labute approximate surface area is 152 Å². The average Bonchev–Trinajstić information content (AvgIpc) is 2.63. The molecule has 0 spiro atoms. The van der Waals surface area contributed by atoms with Crippen molar-refractivity contribution in [3.63, 3.8) is 0 Å². The van der Waals surface area contributed by atoms with Crippen molar-refractivity contribution in [2.75, 3.05) is 32.1 Å². The van der Waals surface area contributed by atoms with Gasteiger partial charge in [-0.3, -0.25) is 4.79 Å². The molecule has 1 heterocycles. The van der Waals surface area contributed by atoms with E-state index in [0.717, 1.165) is 9.87 Å². The number of aryl methyl sites for hydroxylation is 1. The summed E-state index contributed by atoms with van der Waals surface area (Å²) in [5, 5.41) is 2.72. The number of benzene rings is 2. The maximum Gasteiger partial charge on any atom is 0.243 e. The second-order valence-corrected chi connectivity index (χ2v) is 7.97. The lowest BCUT2D eigenvalue weighted by molar-refractivity contribution is -0.116. The van der Waals surface area contributed by atoms with E-state index in [1.54, 1.807) is 18.2 Å². The van der Waals surface area contributed by atoms with E-state index in [-0.39, 0.29) is 11.4 Å². The van der Waals surface area contributed by atoms with Crippen molar-refractivity contribution >= 4 is 21.6 Å². The van der Waals surface area contributed by atoms with Crippen LogP contribution in [0.25, 0.3) is 0 Å². The molecule has 1 N–H and O–H groups in total. The van der Waals surface area contributed by atoms with E-state index < -0.39 is 15.9 Å². The fourth-order valence-corrected chi connectivity index (χ4v) is 3.70. The second-order valence-electron chi connectivity index (χ2n) is 5.93. The molecule has 8 heteroatoms. The zero-order chi connectivity index (χ0) is 18.7. The molecule has 0 radical (unpaired) electrons. The van der Waals surface area contributed by atoms with Crippen molar-refractivity contribution in [2.45, 2.75) is 11.8 Å². The highest BCUT2D eigenvalue weighted by molar-refractivity contribution is 7.89. The van der Waals surface area contributed by atoms with Crippen molar-refractivity contribution in [1.82, 2.24) is 4.31 Å². The Kier molecular flexibility index (Phi) is 5.15. The molecule has 0 aliphatic carbocycles. The molecule has 0 saturated carbocycles. The van der Waals surface area contributed by atoms with Gasteiger partial charge in [-0.15, -0.1) is 0 Å². The number of carbonyl (C=O) groups excluding carboxylic acids is 1. The van der Waals surface area contributed by atoms with Gasteiger partial charge in [0.2, 0.25) is 15.9 Å². The summed E-state index contributed by atoms with van der Waals surface area (Å²) in [5.74, 6) is 0.480. The van der Waals surface area contributed by atoms with Gasteiger partial charge in [-0.25, -0.2) is 8.42 Å². The summed E-state index contributed by atoms with van der Waals surface area (Å²) in [7, 11) is -2.47. The normalized spacial score (nSPS) is 13.5. The Bertz CT molecular complexity index is 927. The van der Waals surface area contributed by atoms with Crippen molar-refractivity contribution in [3.05, 3.63) is 48.0 Å². The number of carbonyl (C=O) groups is 1. The molecule has 1 aliphatic rings. The molecule has 0 saturated heterocycles. The maximum atomic E-state index is 12.7. The predicted molar refractivity (Wildman–Crippen MR) is 97.1 cm³/mol. The minimum absolute atomic E-state index is 0.0490. The van der Waals surface area contributed by atoms with E-state index in [2.05, 4.69) is 5.32 Å². The highest BCUT2D eigenvalue weighted by atomic mass is 32.2. The quantitative estimate of drug-likeness (QED) is 0.863. The van der Waals surface area contributed by atoms with Crippen LogP contribution in [0.1, 0.15) is 5.56 Å². The molecule has 0 atom stereocenters. The zero-order valence-corrected chi connectivity index (χ0v) is 15.4. The fraction of sp³-hybridized carbons (Fsp3) is 0.278. The first kappa shape index (κ1) is 18.2. The summed E-state index contributed by atoms with van der Waals surface area (Å²) in [4.78, 5) is 12.3. The van der Waals surface area contributed by atoms with Crippen LogP contribution in [-0.2, 0) is 14.8 Å². The Hall–Kier alpha value is -2.58. The zero-order valence-electron chi connectivity index (χ0n) is 14.6. The number of fused-ring (bicyclic) bond motifs is 1. The molecule has 2 aromatic carbocycles. The second kappa shape index (κ2) is 7.35. The van der Waals surface area contributed by atoms with Gasteiger partial charge < -0.3 is 14.8 Å². The van der Waals surface area contributed by atoms with Crippen LogP contribution in [0.4, 0.5) is 5.69 Å². The number of hydrogen-bond acceptors (Lipinski definition) is 5. The third-order valence-corrected chi connectivity index (χ3v) is 5.81. The standard InChI is InChI=1S/C18H20N2O5S/c1-13-5-3-4-6-15(13)19-18(21)12-20(2)26(22,23)14-7-8-16-17(11-14)25-10-9-24-16/h3-8,11H,9-10,12H2,1-2H3,(H,19,21). The summed E-state index contributed by atoms with van der Waals surface area (Å²) in [5.41, 5.74) is 1.56. The summed E-state index contributed by atoms with van der Waals surface area (Å²) in [6, 6.07) is 11.7. The van der Waals surface area contributed by atoms with Crippen molar-refractivity contribution < 1.29 is 22.7 Å². The minimum Gasteiger partial charge on any atom is -0.486 e. The molecule has 2 aromatic rings. The molecule has 0 unspecified atom stereocenters. The lowest BCUT2D eigenvalue weighted by Crippen LogP contribution is -2.35. The van der Waals surface area contributed by atoms with Gasteiger partial charge >= 0.3 is 0 Å². The van der Waals surface area contributed by atoms with Crippen LogP contribution in [0, 0.1) is 6.92 Å². The number of para-hydroxylation sites is 1. The van der Waals surface area contributed by atoms with Crippen LogP contribution in [0.5, 0.6) is 11.5 Å². The SMILES string of the molecule is Cc1ccccc1NC(=O)CN(C)S(=O)(=O)c1ccc2c(c1)OCCO2. The van der Waals surface area contributed by atoms with Gasteiger partial charge in [0.15, 0.2) is 11.5 Å². The van der Waals surface area contributed by atoms with Crippen LogP contribution < -0.4 is 14.8 Å². The summed E-state index contributed by atoms with van der Waals surface area (Å²) >= 11 is 0. The number of amides is 1. The Morgan fingerprint density at radius 2 is 1.81 bits per heavy atom. The Balaban J connectivity index is 1.73. The summed E-state index contributed by atoms with van der Waals surface area (Å²) < 4.78 is 37.3. The largest absolute Gasteiger partial charge is 0.486 e. The van der Waals surface area contributed by atoms with Crippen molar-refractivity contribution in [3.8, 4) is 11.5 Å². The lowest BCUT2D eigenvalue weighted by Gasteiger charge is -2.21. The predicted octanol–water partition coefficient (Wildman–Crippen LogP) is 2.03. The van der Waals surface area contributed by atoms with Gasteiger partial charge in [-0.1, -0.05) is 18.2 Å². The molecular weight excluding hydrogens is 356 g/mol. The Morgan fingerprint density at radius 3 is 2.54 bits per heavy atom. The molecule has 0 fully saturated rings. The first-order chi connectivity index (χ1) is 12.4. The molecule has 3 rings (SSSR count). The van der Waals surface area contributed by atoms with Gasteiger partial charge in [0.25, 0.3) is 0 Å². The van der Waals surface area contributed by atoms with E-state index in [1.807, 2.05) is 19.1 Å². The van der Waals surface area contributed by atoms with Crippen LogP contribution in [0.15, 0.2) is 47.4 Å². The monoisotopic (exact) mass is 376 g/mol. The fourth-order valence-electron chi connectivity index (χ4n) is 2.55. The third-order valence-electron chi connectivity index (χ3n) is 4.01. The number of hydrogen-bond donors (Lipinski definition) is 1. The molecule has 1 aliphatic heterocycles. The number of sulfonamides is 1. The highest BCUT2D eigenvalue weighted by Gasteiger charge is 2.25. The third kappa shape index (κ3) is 3.81. The number of rotatable bonds is 5. The molecule has 0 aromatic heterocycles. The molecule has 0 bridgehead atoms. The van der Waals surface area contributed by atoms with Gasteiger partial charge in [0.1, 0.15) is 13.2 Å². The van der Waals surface area contributed by atoms with Crippen LogP contribution in [-0.4, -0.2) is 45.4 Å². The maximum absolute atomic E-state index is 12.7. The van der Waals surface area contributed by atoms with Crippen LogP contribution >= 0.6 is 0 Å². The van der Waals surface area contributed by atoms with E-state index in [0.29, 0.717) is 30.4 Å². The van der Waals surface area contributed by atoms with E-state index in [1.165, 1.54) is 19.2 Å². The highest BCUT2D eigenvalue weighted by Crippen LogP contribution is 2.32. The van der Waals surface area contributed by atoms with Crippen molar-refractivity contribution in [1.29, 1.82) is 0 Å². The van der Waals surface area contributed by atoms with Crippen LogP contribution in [0.3, 0.4) is 0 Å².